The van der Waals surface area contributed by atoms with Crippen LogP contribution in [-0.4, -0.2) is 52.5 Å². The van der Waals surface area contributed by atoms with Crippen LogP contribution < -0.4 is 0 Å². The Labute approximate surface area is 159 Å². The lowest BCUT2D eigenvalue weighted by Crippen LogP contribution is -2.60. The predicted molar refractivity (Wildman–Crippen MR) is 102 cm³/mol. The molecule has 0 radical (unpaired) electrons. The first-order valence-corrected chi connectivity index (χ1v) is 9.94. The largest absolute Gasteiger partial charge is 0.508 e. The summed E-state index contributed by atoms with van der Waals surface area (Å²) in [5.41, 5.74) is 1.83. The van der Waals surface area contributed by atoms with Crippen molar-refractivity contribution in [3.63, 3.8) is 0 Å². The minimum Gasteiger partial charge on any atom is -0.508 e. The summed E-state index contributed by atoms with van der Waals surface area (Å²) in [5.74, 6) is 2.69. The van der Waals surface area contributed by atoms with Crippen molar-refractivity contribution >= 4 is 5.91 Å². The van der Waals surface area contributed by atoms with Gasteiger partial charge in [-0.15, -0.1) is 0 Å². The van der Waals surface area contributed by atoms with Gasteiger partial charge in [0.2, 0.25) is 0 Å². The highest BCUT2D eigenvalue weighted by molar-refractivity contribution is 5.96. The Morgan fingerprint density at radius 1 is 1.15 bits per heavy atom. The average Bonchev–Trinajstić information content (AvgIpc) is 3.24. The van der Waals surface area contributed by atoms with Gasteiger partial charge >= 0.3 is 0 Å². The molecule has 1 aromatic heterocycles. The molecule has 0 aliphatic carbocycles. The molecule has 0 spiro atoms. The summed E-state index contributed by atoms with van der Waals surface area (Å²) in [6.45, 7) is 6.70. The number of hydrogen-bond donors (Lipinski definition) is 1. The average molecular weight is 366 g/mol. The number of carbonyl (C=O) groups excluding carboxylic acids is 1. The zero-order valence-corrected chi connectivity index (χ0v) is 15.9. The fourth-order valence-corrected chi connectivity index (χ4v) is 5.70. The van der Waals surface area contributed by atoms with Crippen LogP contribution in [0.25, 0.3) is 0 Å². The maximum atomic E-state index is 13.5. The molecule has 2 bridgehead atoms. The van der Waals surface area contributed by atoms with E-state index in [9.17, 15) is 9.90 Å². The Morgan fingerprint density at radius 3 is 2.59 bits per heavy atom. The third kappa shape index (κ3) is 2.59. The number of rotatable bonds is 2. The van der Waals surface area contributed by atoms with E-state index in [2.05, 4.69) is 15.9 Å². The quantitative estimate of drug-likeness (QED) is 0.886. The van der Waals surface area contributed by atoms with Gasteiger partial charge in [0.25, 0.3) is 5.91 Å². The molecule has 0 unspecified atom stereocenters. The number of furan rings is 1. The number of hydrogen-bond acceptors (Lipinski definition) is 4. The summed E-state index contributed by atoms with van der Waals surface area (Å²) >= 11 is 0. The number of benzene rings is 1. The second-order valence-electron chi connectivity index (χ2n) is 8.34. The lowest BCUT2D eigenvalue weighted by molar-refractivity contribution is -0.00346. The third-order valence-corrected chi connectivity index (χ3v) is 6.82. The van der Waals surface area contributed by atoms with E-state index in [1.807, 2.05) is 32.0 Å². The van der Waals surface area contributed by atoms with Crippen molar-refractivity contribution in [1.29, 1.82) is 0 Å². The van der Waals surface area contributed by atoms with Crippen molar-refractivity contribution in [2.75, 3.05) is 19.6 Å². The van der Waals surface area contributed by atoms with Crippen molar-refractivity contribution in [2.45, 2.75) is 44.7 Å². The Balaban J connectivity index is 1.54. The number of aromatic hydroxyl groups is 1. The summed E-state index contributed by atoms with van der Waals surface area (Å²) in [5, 5.41) is 9.99. The van der Waals surface area contributed by atoms with Crippen LogP contribution in [0.15, 0.2) is 34.7 Å². The molecule has 142 valence electrons. The van der Waals surface area contributed by atoms with Gasteiger partial charge in [0.05, 0.1) is 11.6 Å². The first-order valence-electron chi connectivity index (χ1n) is 9.94. The number of carbonyl (C=O) groups is 1. The highest BCUT2D eigenvalue weighted by Gasteiger charge is 2.54. The van der Waals surface area contributed by atoms with Gasteiger partial charge in [-0.05, 0) is 69.5 Å². The van der Waals surface area contributed by atoms with E-state index in [0.29, 0.717) is 35.6 Å². The Kier molecular flexibility index (Phi) is 3.83. The second-order valence-corrected chi connectivity index (χ2v) is 8.34. The monoisotopic (exact) mass is 366 g/mol. The number of phenols is 1. The maximum Gasteiger partial charge on any atom is 0.257 e. The molecule has 4 saturated heterocycles. The number of aryl methyl sites for hydroxylation is 2. The number of phenolic OH excluding ortho intramolecular Hbond substituents is 1. The lowest BCUT2D eigenvalue weighted by Gasteiger charge is -2.51. The molecule has 3 atom stereocenters. The molecule has 5 heteroatoms. The molecule has 4 aliphatic heterocycles. The van der Waals surface area contributed by atoms with E-state index in [1.165, 1.54) is 12.8 Å². The van der Waals surface area contributed by atoms with E-state index < -0.39 is 0 Å². The van der Waals surface area contributed by atoms with Crippen molar-refractivity contribution in [2.24, 2.45) is 5.92 Å². The van der Waals surface area contributed by atoms with E-state index in [1.54, 1.807) is 6.07 Å². The van der Waals surface area contributed by atoms with E-state index >= 15 is 0 Å². The van der Waals surface area contributed by atoms with Crippen molar-refractivity contribution in [3.05, 3.63) is 53.0 Å². The molecule has 0 saturated carbocycles. The zero-order chi connectivity index (χ0) is 18.7. The molecule has 1 N–H and O–H groups in total. The van der Waals surface area contributed by atoms with Gasteiger partial charge in [-0.1, -0.05) is 12.1 Å². The summed E-state index contributed by atoms with van der Waals surface area (Å²) in [7, 11) is 0. The van der Waals surface area contributed by atoms with Crippen LogP contribution in [0, 0.1) is 19.8 Å². The molecule has 4 fully saturated rings. The maximum absolute atomic E-state index is 13.5. The van der Waals surface area contributed by atoms with Gasteiger partial charge in [-0.3, -0.25) is 9.69 Å². The summed E-state index contributed by atoms with van der Waals surface area (Å²) in [6, 6.07) is 10.0. The number of fused-ring (bicyclic) bond motifs is 2. The number of nitrogens with zero attached hydrogens (tertiary/aromatic N) is 2. The van der Waals surface area contributed by atoms with E-state index in [-0.39, 0.29) is 17.9 Å². The molecular weight excluding hydrogens is 340 g/mol. The standard InChI is InChI=1S/C22H26N2O3/c1-13-10-18(14(2)27-13)22(26)24-12-19(16-4-3-5-17(25)11-16)21-20(24)15-6-8-23(21)9-7-15/h3-5,10-11,15,19-21,25H,6-9,12H2,1-2H3/t19-,20+,21+/m0/s1. The van der Waals surface area contributed by atoms with Gasteiger partial charge in [0.1, 0.15) is 17.3 Å². The Bertz CT molecular complexity index is 881. The van der Waals surface area contributed by atoms with Crippen LogP contribution in [0.5, 0.6) is 5.75 Å². The molecule has 4 aliphatic rings. The number of likely N-dealkylation sites (tertiary alicyclic amines) is 1. The van der Waals surface area contributed by atoms with E-state index in [0.717, 1.165) is 24.4 Å². The topological polar surface area (TPSA) is 56.9 Å². The van der Waals surface area contributed by atoms with Gasteiger partial charge < -0.3 is 14.4 Å². The highest BCUT2D eigenvalue weighted by Crippen LogP contribution is 2.47. The molecule has 5 nitrogen and oxygen atoms in total. The van der Waals surface area contributed by atoms with Crippen LogP contribution in [0.4, 0.5) is 0 Å². The fourth-order valence-electron chi connectivity index (χ4n) is 5.70. The van der Waals surface area contributed by atoms with E-state index in [4.69, 9.17) is 4.42 Å². The molecule has 27 heavy (non-hydrogen) atoms. The molecule has 1 amide bonds. The minimum atomic E-state index is 0.0933. The van der Waals surface area contributed by atoms with Crippen molar-refractivity contribution < 1.29 is 14.3 Å². The highest BCUT2D eigenvalue weighted by atomic mass is 16.3. The van der Waals surface area contributed by atoms with Crippen molar-refractivity contribution in [3.8, 4) is 5.75 Å². The molecule has 6 rings (SSSR count). The lowest BCUT2D eigenvalue weighted by atomic mass is 9.75. The van der Waals surface area contributed by atoms with Crippen molar-refractivity contribution in [1.82, 2.24) is 9.80 Å². The Morgan fingerprint density at radius 2 is 1.93 bits per heavy atom. The minimum absolute atomic E-state index is 0.0933. The number of amides is 1. The SMILES string of the molecule is Cc1cc(C(=O)N2C[C@@H](c3cccc(O)c3)[C@@H]3[C@H]2C2CCN3CC2)c(C)o1. The van der Waals surface area contributed by atoms with Gasteiger partial charge in [0, 0.05) is 18.5 Å². The first kappa shape index (κ1) is 16.9. The van der Waals surface area contributed by atoms with Crippen LogP contribution in [0.1, 0.15) is 46.2 Å². The Hall–Kier alpha value is -2.27. The third-order valence-electron chi connectivity index (χ3n) is 6.82. The summed E-state index contributed by atoms with van der Waals surface area (Å²) < 4.78 is 5.63. The predicted octanol–water partition coefficient (Wildman–Crippen LogP) is 3.30. The number of piperidine rings is 3. The summed E-state index contributed by atoms with van der Waals surface area (Å²) in [4.78, 5) is 18.1. The summed E-state index contributed by atoms with van der Waals surface area (Å²) in [6.07, 6.45) is 2.34. The molecule has 2 aromatic rings. The zero-order valence-electron chi connectivity index (χ0n) is 15.9. The van der Waals surface area contributed by atoms with Crippen LogP contribution in [-0.2, 0) is 0 Å². The fraction of sp³-hybridized carbons (Fsp3) is 0.500. The van der Waals surface area contributed by atoms with Crippen LogP contribution in [0.2, 0.25) is 0 Å². The second kappa shape index (κ2) is 6.13. The molecular formula is C22H26N2O3. The van der Waals surface area contributed by atoms with Crippen LogP contribution >= 0.6 is 0 Å². The van der Waals surface area contributed by atoms with Gasteiger partial charge in [-0.2, -0.15) is 0 Å². The molecule has 5 heterocycles. The normalized spacial score (nSPS) is 31.9. The smallest absolute Gasteiger partial charge is 0.257 e. The van der Waals surface area contributed by atoms with Crippen LogP contribution in [0.3, 0.4) is 0 Å². The van der Waals surface area contributed by atoms with Gasteiger partial charge in [-0.25, -0.2) is 0 Å². The van der Waals surface area contributed by atoms with Gasteiger partial charge in [0.15, 0.2) is 0 Å². The molecule has 1 aromatic carbocycles. The first-order chi connectivity index (χ1) is 13.0.